The second kappa shape index (κ2) is 10.8. The van der Waals surface area contributed by atoms with Crippen molar-refractivity contribution in [2.75, 3.05) is 5.75 Å². The third kappa shape index (κ3) is 7.04. The number of hydrogen-bond donors (Lipinski definition) is 6. The Labute approximate surface area is 176 Å². The van der Waals surface area contributed by atoms with Crippen LogP contribution in [0.3, 0.4) is 0 Å². The van der Waals surface area contributed by atoms with Crippen LogP contribution in [0, 0.1) is 0 Å². The summed E-state index contributed by atoms with van der Waals surface area (Å²) in [7, 11) is 0. The van der Waals surface area contributed by atoms with Crippen LogP contribution in [0.5, 0.6) is 0 Å². The average Bonchev–Trinajstić information content (AvgIpc) is 3.10. The van der Waals surface area contributed by atoms with Crippen LogP contribution >= 0.6 is 24.0 Å². The highest BCUT2D eigenvalue weighted by Gasteiger charge is 2.22. The maximum absolute atomic E-state index is 11.9. The molecule has 1 heterocycles. The van der Waals surface area contributed by atoms with E-state index in [-0.39, 0.29) is 18.6 Å². The zero-order valence-corrected chi connectivity index (χ0v) is 17.0. The highest BCUT2D eigenvalue weighted by atomic mass is 32.2. The number of rotatable bonds is 10. The lowest BCUT2D eigenvalue weighted by Gasteiger charge is -2.15. The van der Waals surface area contributed by atoms with Crippen LogP contribution in [0.2, 0.25) is 0 Å². The van der Waals surface area contributed by atoms with Gasteiger partial charge in [-0.05, 0) is 18.1 Å². The number of fused-ring (bicyclic) bond motifs is 1. The molecule has 7 N–H and O–H groups in total. The number of thiocarbonyl (C=S) groups is 1. The van der Waals surface area contributed by atoms with Crippen molar-refractivity contribution in [1.29, 1.82) is 0 Å². The van der Waals surface area contributed by atoms with Crippen LogP contribution < -0.4 is 16.4 Å². The molecule has 0 saturated heterocycles. The van der Waals surface area contributed by atoms with Crippen molar-refractivity contribution in [3.63, 3.8) is 0 Å². The lowest BCUT2D eigenvalue weighted by molar-refractivity contribution is -0.141. The van der Waals surface area contributed by atoms with Crippen LogP contribution in [0.4, 0.5) is 0 Å². The van der Waals surface area contributed by atoms with Crippen LogP contribution in [-0.4, -0.2) is 55.2 Å². The SMILES string of the molecule is N[C@@H](CCC(=O)N[C@@H](CSC(=S)NCc1c[nH]c2ccccc12)C(=O)O)C(=O)O. The number of nitrogens with one attached hydrogen (secondary N) is 3. The van der Waals surface area contributed by atoms with E-state index in [4.69, 9.17) is 23.1 Å². The van der Waals surface area contributed by atoms with E-state index in [1.807, 2.05) is 30.5 Å². The van der Waals surface area contributed by atoms with Crippen molar-refractivity contribution in [2.45, 2.75) is 31.5 Å². The number of carbonyl (C=O) groups excluding carboxylic acids is 1. The van der Waals surface area contributed by atoms with Gasteiger partial charge in [-0.3, -0.25) is 9.59 Å². The van der Waals surface area contributed by atoms with Gasteiger partial charge in [-0.2, -0.15) is 0 Å². The third-order valence-corrected chi connectivity index (χ3v) is 5.52. The van der Waals surface area contributed by atoms with E-state index < -0.39 is 29.9 Å². The number of aromatic amines is 1. The summed E-state index contributed by atoms with van der Waals surface area (Å²) in [6.07, 6.45) is 1.63. The lowest BCUT2D eigenvalue weighted by atomic mass is 10.1. The molecule has 0 aliphatic heterocycles. The number of H-pyrrole nitrogens is 1. The smallest absolute Gasteiger partial charge is 0.327 e. The van der Waals surface area contributed by atoms with E-state index in [0.29, 0.717) is 10.9 Å². The molecule has 11 heteroatoms. The first-order chi connectivity index (χ1) is 13.8. The molecular formula is C18H22N4O5S2. The molecule has 0 unspecified atom stereocenters. The summed E-state index contributed by atoms with van der Waals surface area (Å²) in [5.41, 5.74) is 7.38. The second-order valence-corrected chi connectivity index (χ2v) is 7.95. The van der Waals surface area contributed by atoms with Gasteiger partial charge in [0.15, 0.2) is 0 Å². The molecule has 0 radical (unpaired) electrons. The first kappa shape index (κ1) is 22.7. The first-order valence-corrected chi connectivity index (χ1v) is 10.1. The van der Waals surface area contributed by atoms with Crippen molar-refractivity contribution in [3.05, 3.63) is 36.0 Å². The number of thioether (sulfide) groups is 1. The van der Waals surface area contributed by atoms with Gasteiger partial charge in [0.1, 0.15) is 16.4 Å². The van der Waals surface area contributed by atoms with E-state index in [1.54, 1.807) is 0 Å². The molecule has 1 aromatic carbocycles. The topological polar surface area (TPSA) is 158 Å². The van der Waals surface area contributed by atoms with Crippen molar-refractivity contribution in [2.24, 2.45) is 5.73 Å². The minimum atomic E-state index is -1.21. The molecule has 1 aromatic heterocycles. The molecule has 0 spiro atoms. The number of aromatic nitrogens is 1. The zero-order valence-electron chi connectivity index (χ0n) is 15.4. The molecule has 0 fully saturated rings. The Morgan fingerprint density at radius 3 is 2.62 bits per heavy atom. The fraction of sp³-hybridized carbons (Fsp3) is 0.333. The fourth-order valence-corrected chi connectivity index (χ4v) is 3.50. The van der Waals surface area contributed by atoms with Crippen LogP contribution in [0.1, 0.15) is 18.4 Å². The van der Waals surface area contributed by atoms with Crippen molar-refractivity contribution in [1.82, 2.24) is 15.6 Å². The van der Waals surface area contributed by atoms with Crippen LogP contribution in [0.25, 0.3) is 10.9 Å². The number of aliphatic carboxylic acids is 2. The number of nitrogens with two attached hydrogens (primary N) is 1. The van der Waals surface area contributed by atoms with E-state index in [0.717, 1.165) is 28.2 Å². The van der Waals surface area contributed by atoms with Gasteiger partial charge in [0.25, 0.3) is 0 Å². The zero-order chi connectivity index (χ0) is 21.4. The second-order valence-electron chi connectivity index (χ2n) is 6.25. The molecule has 156 valence electrons. The number of carboxylic acids is 2. The molecule has 1 amide bonds. The van der Waals surface area contributed by atoms with E-state index in [1.165, 1.54) is 0 Å². The fourth-order valence-electron chi connectivity index (χ4n) is 2.51. The third-order valence-electron chi connectivity index (χ3n) is 4.11. The number of carboxylic acid groups (broad SMARTS) is 2. The molecule has 9 nitrogen and oxygen atoms in total. The summed E-state index contributed by atoms with van der Waals surface area (Å²) in [5, 5.41) is 24.5. The summed E-state index contributed by atoms with van der Waals surface area (Å²) < 4.78 is 0.406. The molecule has 0 bridgehead atoms. The van der Waals surface area contributed by atoms with Gasteiger partial charge in [0.2, 0.25) is 5.91 Å². The van der Waals surface area contributed by atoms with Gasteiger partial charge in [0, 0.05) is 35.8 Å². The van der Waals surface area contributed by atoms with Gasteiger partial charge in [0.05, 0.1) is 0 Å². The Kier molecular flexibility index (Phi) is 8.43. The van der Waals surface area contributed by atoms with E-state index in [9.17, 15) is 19.5 Å². The molecule has 2 rings (SSSR count). The summed E-state index contributed by atoms with van der Waals surface area (Å²) in [5.74, 6) is -2.96. The standard InChI is InChI=1S/C18H22N4O5S2/c19-12(16(24)25)5-6-15(23)22-14(17(26)27)9-29-18(28)21-8-10-7-20-13-4-2-1-3-11(10)13/h1-4,7,12,14,20H,5-6,8-9,19H2,(H,21,28)(H,22,23)(H,24,25)(H,26,27)/t12-,14-/m0/s1. The van der Waals surface area contributed by atoms with Gasteiger partial charge >= 0.3 is 11.9 Å². The molecular weight excluding hydrogens is 416 g/mol. The maximum atomic E-state index is 11.9. The molecule has 2 aromatic rings. The highest BCUT2D eigenvalue weighted by Crippen LogP contribution is 2.17. The van der Waals surface area contributed by atoms with E-state index in [2.05, 4.69) is 15.6 Å². The van der Waals surface area contributed by atoms with Crippen LogP contribution in [0.15, 0.2) is 30.5 Å². The lowest BCUT2D eigenvalue weighted by Crippen LogP contribution is -2.43. The Morgan fingerprint density at radius 1 is 1.21 bits per heavy atom. The van der Waals surface area contributed by atoms with Crippen molar-refractivity contribution < 1.29 is 24.6 Å². The van der Waals surface area contributed by atoms with Crippen molar-refractivity contribution >= 4 is 57.0 Å². The maximum Gasteiger partial charge on any atom is 0.327 e. The van der Waals surface area contributed by atoms with Gasteiger partial charge in [-0.25, -0.2) is 4.79 Å². The number of benzene rings is 1. The molecule has 0 aliphatic rings. The number of carbonyl (C=O) groups is 3. The van der Waals surface area contributed by atoms with Crippen LogP contribution in [-0.2, 0) is 20.9 Å². The largest absolute Gasteiger partial charge is 0.480 e. The predicted molar refractivity (Wildman–Crippen MR) is 115 cm³/mol. The molecule has 0 saturated carbocycles. The predicted octanol–water partition coefficient (Wildman–Crippen LogP) is 1.04. The number of hydrogen-bond acceptors (Lipinski definition) is 6. The monoisotopic (exact) mass is 438 g/mol. The van der Waals surface area contributed by atoms with Gasteiger partial charge in [-0.1, -0.05) is 42.2 Å². The van der Waals surface area contributed by atoms with Gasteiger partial charge < -0.3 is 31.6 Å². The molecule has 29 heavy (non-hydrogen) atoms. The Balaban J connectivity index is 1.78. The Hall–Kier alpha value is -2.63. The quantitative estimate of drug-likeness (QED) is 0.298. The molecule has 0 aliphatic carbocycles. The van der Waals surface area contributed by atoms with E-state index >= 15 is 0 Å². The van der Waals surface area contributed by atoms with Crippen molar-refractivity contribution in [3.8, 4) is 0 Å². The molecule has 2 atom stereocenters. The minimum Gasteiger partial charge on any atom is -0.480 e. The summed E-state index contributed by atoms with van der Waals surface area (Å²) in [6.45, 7) is 0.479. The summed E-state index contributed by atoms with van der Waals surface area (Å²) in [4.78, 5) is 37.0. The Morgan fingerprint density at radius 2 is 1.93 bits per heavy atom. The van der Waals surface area contributed by atoms with Gasteiger partial charge in [-0.15, -0.1) is 0 Å². The summed E-state index contributed by atoms with van der Waals surface area (Å²) >= 11 is 6.34. The normalized spacial score (nSPS) is 12.9. The first-order valence-electron chi connectivity index (χ1n) is 8.74. The average molecular weight is 439 g/mol. The highest BCUT2D eigenvalue weighted by molar-refractivity contribution is 8.23. The summed E-state index contributed by atoms with van der Waals surface area (Å²) in [6, 6.07) is 5.52. The number of amides is 1. The minimum absolute atomic E-state index is 0.0335. The number of para-hydroxylation sites is 1. The Bertz CT molecular complexity index is 901.